The second-order valence-electron chi connectivity index (χ2n) is 6.81. The highest BCUT2D eigenvalue weighted by molar-refractivity contribution is 5.92. The molecule has 1 aliphatic heterocycles. The molecule has 0 aromatic carbocycles. The first-order chi connectivity index (χ1) is 11.7. The third kappa shape index (κ3) is 3.25. The van der Waals surface area contributed by atoms with Crippen molar-refractivity contribution >= 4 is 5.91 Å². The number of carbonyl (C=O) groups is 1. The van der Waals surface area contributed by atoms with Crippen molar-refractivity contribution < 1.29 is 4.79 Å². The van der Waals surface area contributed by atoms with Gasteiger partial charge in [-0.1, -0.05) is 0 Å². The Hall–Kier alpha value is -2.44. The summed E-state index contributed by atoms with van der Waals surface area (Å²) in [5.74, 6) is 1.43. The summed E-state index contributed by atoms with van der Waals surface area (Å²) in [6, 6.07) is 3.32. The highest BCUT2D eigenvalue weighted by atomic mass is 16.2. The van der Waals surface area contributed by atoms with Crippen LogP contribution in [-0.4, -0.2) is 44.1 Å². The number of amides is 1. The average molecular weight is 327 g/mol. The first kappa shape index (κ1) is 15.1. The quantitative estimate of drug-likeness (QED) is 0.889. The fraction of sp³-hybridized carbons (Fsp3) is 0.529. The Morgan fingerprint density at radius 3 is 2.71 bits per heavy atom. The molecule has 1 amide bonds. The third-order valence-corrected chi connectivity index (χ3v) is 4.91. The van der Waals surface area contributed by atoms with Crippen LogP contribution in [0.15, 0.2) is 23.1 Å². The van der Waals surface area contributed by atoms with Gasteiger partial charge in [0.25, 0.3) is 11.5 Å². The van der Waals surface area contributed by atoms with E-state index in [9.17, 15) is 9.59 Å². The van der Waals surface area contributed by atoms with Gasteiger partial charge in [-0.05, 0) is 44.1 Å². The molecule has 2 fully saturated rings. The number of aromatic nitrogens is 4. The molecule has 126 valence electrons. The van der Waals surface area contributed by atoms with Crippen LogP contribution in [0.2, 0.25) is 0 Å². The van der Waals surface area contributed by atoms with Crippen LogP contribution in [-0.2, 0) is 6.42 Å². The molecule has 24 heavy (non-hydrogen) atoms. The number of hydrogen-bond donors (Lipinski definition) is 2. The Morgan fingerprint density at radius 2 is 2.04 bits per heavy atom. The van der Waals surface area contributed by atoms with Crippen molar-refractivity contribution in [2.24, 2.45) is 5.92 Å². The van der Waals surface area contributed by atoms with Gasteiger partial charge in [-0.3, -0.25) is 14.7 Å². The number of aromatic amines is 2. The van der Waals surface area contributed by atoms with Gasteiger partial charge >= 0.3 is 0 Å². The third-order valence-electron chi connectivity index (χ3n) is 4.91. The summed E-state index contributed by atoms with van der Waals surface area (Å²) >= 11 is 0. The Morgan fingerprint density at radius 1 is 1.25 bits per heavy atom. The summed E-state index contributed by atoms with van der Waals surface area (Å²) in [6.07, 6.45) is 6.74. The number of piperidine rings is 1. The van der Waals surface area contributed by atoms with Crippen LogP contribution in [0.4, 0.5) is 0 Å². The highest BCUT2D eigenvalue weighted by Gasteiger charge is 2.29. The van der Waals surface area contributed by atoms with Crippen LogP contribution in [0.25, 0.3) is 0 Å². The Balaban J connectivity index is 1.40. The van der Waals surface area contributed by atoms with E-state index >= 15 is 0 Å². The molecule has 0 atom stereocenters. The predicted octanol–water partition coefficient (Wildman–Crippen LogP) is 1.47. The number of nitrogens with one attached hydrogen (secondary N) is 2. The topological polar surface area (TPSA) is 94.7 Å². The number of nitrogens with zero attached hydrogens (tertiary/aromatic N) is 3. The van der Waals surface area contributed by atoms with E-state index in [-0.39, 0.29) is 17.2 Å². The smallest absolute Gasteiger partial charge is 0.272 e. The molecule has 2 aliphatic rings. The normalized spacial score (nSPS) is 18.8. The number of H-pyrrole nitrogens is 2. The van der Waals surface area contributed by atoms with E-state index in [0.717, 1.165) is 37.8 Å². The lowest BCUT2D eigenvalue weighted by Gasteiger charge is -2.31. The van der Waals surface area contributed by atoms with Gasteiger partial charge < -0.3 is 9.88 Å². The lowest BCUT2D eigenvalue weighted by Crippen LogP contribution is -2.39. The summed E-state index contributed by atoms with van der Waals surface area (Å²) in [4.78, 5) is 33.4. The molecular weight excluding hydrogens is 306 g/mol. The molecule has 2 aromatic rings. The Labute approximate surface area is 139 Å². The molecule has 2 aromatic heterocycles. The monoisotopic (exact) mass is 327 g/mol. The number of rotatable bonds is 4. The highest BCUT2D eigenvalue weighted by Crippen LogP contribution is 2.37. The van der Waals surface area contributed by atoms with Crippen molar-refractivity contribution in [1.29, 1.82) is 0 Å². The lowest BCUT2D eigenvalue weighted by molar-refractivity contribution is 0.0683. The maximum Gasteiger partial charge on any atom is 0.272 e. The molecule has 4 rings (SSSR count). The molecule has 0 spiro atoms. The van der Waals surface area contributed by atoms with Gasteiger partial charge in [0.2, 0.25) is 0 Å². The molecule has 1 saturated heterocycles. The standard InChI is InChI=1S/C17H21N5O2/c23-15-10-14(19-16(20-15)12-1-2-12)17(24)22-7-4-11(5-8-22)9-13-3-6-18-21-13/h3,6,10-12H,1-2,4-5,7-9H2,(H,18,21)(H,19,20,23). The maximum absolute atomic E-state index is 12.7. The molecular formula is C17H21N5O2. The SMILES string of the molecule is O=C(c1cc(=O)[nH]c(C2CC2)n1)N1CCC(Cc2ccn[nH]2)CC1. The van der Waals surface area contributed by atoms with Gasteiger partial charge in [0.1, 0.15) is 11.5 Å². The first-order valence-corrected chi connectivity index (χ1v) is 8.58. The molecule has 2 N–H and O–H groups in total. The molecule has 0 radical (unpaired) electrons. The number of carbonyl (C=O) groups excluding carboxylic acids is 1. The molecule has 7 nitrogen and oxygen atoms in total. The van der Waals surface area contributed by atoms with Gasteiger partial charge in [0, 0.05) is 37.0 Å². The van der Waals surface area contributed by atoms with E-state index in [0.29, 0.717) is 30.7 Å². The largest absolute Gasteiger partial charge is 0.337 e. The van der Waals surface area contributed by atoms with Crippen LogP contribution in [0, 0.1) is 5.92 Å². The summed E-state index contributed by atoms with van der Waals surface area (Å²) in [5.41, 5.74) is 1.20. The first-order valence-electron chi connectivity index (χ1n) is 8.58. The zero-order valence-electron chi connectivity index (χ0n) is 13.5. The number of hydrogen-bond acceptors (Lipinski definition) is 4. The summed E-state index contributed by atoms with van der Waals surface area (Å²) in [5, 5.41) is 6.97. The van der Waals surface area contributed by atoms with Crippen LogP contribution in [0.5, 0.6) is 0 Å². The minimum atomic E-state index is -0.232. The van der Waals surface area contributed by atoms with Gasteiger partial charge in [0.15, 0.2) is 0 Å². The van der Waals surface area contributed by atoms with E-state index in [2.05, 4.69) is 20.2 Å². The Bertz CT molecular complexity index is 771. The van der Waals surface area contributed by atoms with Gasteiger partial charge in [0.05, 0.1) is 0 Å². The predicted molar refractivity (Wildman–Crippen MR) is 87.8 cm³/mol. The van der Waals surface area contributed by atoms with Crippen molar-refractivity contribution in [3.63, 3.8) is 0 Å². The Kier molecular flexibility index (Phi) is 3.92. The van der Waals surface area contributed by atoms with E-state index in [1.165, 1.54) is 6.07 Å². The van der Waals surface area contributed by atoms with Crippen LogP contribution in [0.1, 0.15) is 53.6 Å². The summed E-state index contributed by atoms with van der Waals surface area (Å²) in [6.45, 7) is 1.43. The lowest BCUT2D eigenvalue weighted by atomic mass is 9.92. The zero-order valence-corrected chi connectivity index (χ0v) is 13.5. The van der Waals surface area contributed by atoms with Gasteiger partial charge in [-0.2, -0.15) is 5.10 Å². The fourth-order valence-corrected chi connectivity index (χ4v) is 3.35. The minimum absolute atomic E-state index is 0.122. The molecule has 0 unspecified atom stereocenters. The average Bonchev–Trinajstić information content (AvgIpc) is 3.33. The van der Waals surface area contributed by atoms with Crippen molar-refractivity contribution in [3.8, 4) is 0 Å². The van der Waals surface area contributed by atoms with Crippen molar-refractivity contribution in [2.45, 2.75) is 38.0 Å². The van der Waals surface area contributed by atoms with Gasteiger partial charge in [-0.15, -0.1) is 0 Å². The van der Waals surface area contributed by atoms with Gasteiger partial charge in [-0.25, -0.2) is 4.98 Å². The zero-order chi connectivity index (χ0) is 16.5. The number of likely N-dealkylation sites (tertiary alicyclic amines) is 1. The molecule has 1 aliphatic carbocycles. The molecule has 1 saturated carbocycles. The van der Waals surface area contributed by atoms with E-state index in [1.54, 1.807) is 6.20 Å². The summed E-state index contributed by atoms with van der Waals surface area (Å²) in [7, 11) is 0. The second kappa shape index (κ2) is 6.22. The molecule has 0 bridgehead atoms. The van der Waals surface area contributed by atoms with Crippen LogP contribution < -0.4 is 5.56 Å². The van der Waals surface area contributed by atoms with E-state index < -0.39 is 0 Å². The molecule has 3 heterocycles. The van der Waals surface area contributed by atoms with E-state index in [1.807, 2.05) is 11.0 Å². The van der Waals surface area contributed by atoms with Crippen molar-refractivity contribution in [2.75, 3.05) is 13.1 Å². The summed E-state index contributed by atoms with van der Waals surface area (Å²) < 4.78 is 0. The van der Waals surface area contributed by atoms with Crippen molar-refractivity contribution in [1.82, 2.24) is 25.1 Å². The fourth-order valence-electron chi connectivity index (χ4n) is 3.35. The minimum Gasteiger partial charge on any atom is -0.337 e. The van der Waals surface area contributed by atoms with Crippen LogP contribution >= 0.6 is 0 Å². The van der Waals surface area contributed by atoms with Crippen molar-refractivity contribution in [3.05, 3.63) is 45.9 Å². The van der Waals surface area contributed by atoms with Crippen LogP contribution in [0.3, 0.4) is 0 Å². The maximum atomic E-state index is 12.7. The van der Waals surface area contributed by atoms with E-state index in [4.69, 9.17) is 0 Å². The second-order valence-corrected chi connectivity index (χ2v) is 6.81. The molecule has 7 heteroatoms.